The molecule has 0 aromatic heterocycles. The topological polar surface area (TPSA) is 21.3 Å². The summed E-state index contributed by atoms with van der Waals surface area (Å²) in [5, 5.41) is 0. The van der Waals surface area contributed by atoms with E-state index in [9.17, 15) is 0 Å². The number of hydrogen-bond donors (Lipinski definition) is 1. The maximum atomic E-state index is 5.64. The Labute approximate surface area is 92.1 Å². The molecule has 2 nitrogen and oxygen atoms in total. The largest absolute Gasteiger partial charge is 0.296 e. The van der Waals surface area contributed by atoms with Crippen LogP contribution in [0.3, 0.4) is 0 Å². The van der Waals surface area contributed by atoms with Crippen molar-refractivity contribution in [2.75, 3.05) is 11.5 Å². The van der Waals surface area contributed by atoms with Gasteiger partial charge in [0.05, 0.1) is 5.60 Å². The van der Waals surface area contributed by atoms with Gasteiger partial charge in [-0.1, -0.05) is 13.8 Å². The number of rotatable bonds is 2. The van der Waals surface area contributed by atoms with E-state index in [4.69, 9.17) is 4.84 Å². The van der Waals surface area contributed by atoms with Gasteiger partial charge in [0.25, 0.3) is 0 Å². The van der Waals surface area contributed by atoms with Crippen LogP contribution in [0.2, 0.25) is 0 Å². The first kappa shape index (κ1) is 12.3. The smallest absolute Gasteiger partial charge is 0.0813 e. The van der Waals surface area contributed by atoms with Gasteiger partial charge in [0, 0.05) is 11.8 Å². The van der Waals surface area contributed by atoms with Crippen LogP contribution < -0.4 is 5.48 Å². The fourth-order valence-electron chi connectivity index (χ4n) is 1.38. The summed E-state index contributed by atoms with van der Waals surface area (Å²) in [6, 6.07) is 0.473. The third-order valence-corrected chi connectivity index (χ3v) is 3.69. The second-order valence-corrected chi connectivity index (χ2v) is 6.85. The molecule has 0 aliphatic carbocycles. The maximum Gasteiger partial charge on any atom is 0.0813 e. The van der Waals surface area contributed by atoms with E-state index in [2.05, 4.69) is 40.1 Å². The van der Waals surface area contributed by atoms with Gasteiger partial charge in [-0.3, -0.25) is 4.84 Å². The highest BCUT2D eigenvalue weighted by atomic mass is 32.2. The average Bonchev–Trinajstić information content (AvgIpc) is 2.00. The number of thioether (sulfide) groups is 1. The van der Waals surface area contributed by atoms with Gasteiger partial charge >= 0.3 is 0 Å². The average molecular weight is 217 g/mol. The summed E-state index contributed by atoms with van der Waals surface area (Å²) in [5.41, 5.74) is 3.49. The van der Waals surface area contributed by atoms with Gasteiger partial charge < -0.3 is 0 Å². The molecule has 1 aliphatic rings. The molecule has 0 spiro atoms. The third kappa shape index (κ3) is 3.79. The molecule has 0 amide bonds. The van der Waals surface area contributed by atoms with Crippen LogP contribution in [-0.4, -0.2) is 23.1 Å². The van der Waals surface area contributed by atoms with Gasteiger partial charge in [-0.05, 0) is 38.4 Å². The zero-order valence-electron chi connectivity index (χ0n) is 10.0. The lowest BCUT2D eigenvalue weighted by molar-refractivity contribution is -0.101. The molecule has 1 rings (SSSR count). The Bertz CT molecular complexity index is 186. The predicted octanol–water partition coefficient (Wildman–Crippen LogP) is 2.84. The lowest BCUT2D eigenvalue weighted by atomic mass is 9.83. The SMILES string of the molecule is CC(C)(C)ONC1CSCCC1(C)C. The Morgan fingerprint density at radius 1 is 1.36 bits per heavy atom. The van der Waals surface area contributed by atoms with Gasteiger partial charge in [-0.15, -0.1) is 0 Å². The zero-order chi connectivity index (χ0) is 10.8. The number of nitrogens with one attached hydrogen (secondary N) is 1. The highest BCUT2D eigenvalue weighted by Crippen LogP contribution is 2.34. The first-order valence-electron chi connectivity index (χ1n) is 5.32. The molecule has 3 heteroatoms. The van der Waals surface area contributed by atoms with Crippen molar-refractivity contribution in [1.29, 1.82) is 0 Å². The molecule has 0 aromatic rings. The molecule has 0 bridgehead atoms. The van der Waals surface area contributed by atoms with Crippen molar-refractivity contribution < 1.29 is 4.84 Å². The second-order valence-electron chi connectivity index (χ2n) is 5.70. The van der Waals surface area contributed by atoms with E-state index >= 15 is 0 Å². The molecule has 1 N–H and O–H groups in total. The first-order chi connectivity index (χ1) is 6.31. The molecule has 1 saturated heterocycles. The fourth-order valence-corrected chi connectivity index (χ4v) is 2.97. The molecule has 14 heavy (non-hydrogen) atoms. The van der Waals surface area contributed by atoms with E-state index < -0.39 is 0 Å². The van der Waals surface area contributed by atoms with E-state index in [1.165, 1.54) is 12.2 Å². The van der Waals surface area contributed by atoms with Crippen molar-refractivity contribution in [3.05, 3.63) is 0 Å². The van der Waals surface area contributed by atoms with Crippen LogP contribution in [0.15, 0.2) is 0 Å². The quantitative estimate of drug-likeness (QED) is 0.719. The summed E-state index contributed by atoms with van der Waals surface area (Å²) < 4.78 is 0. The molecule has 1 aliphatic heterocycles. The molecular weight excluding hydrogens is 194 g/mol. The van der Waals surface area contributed by atoms with Crippen LogP contribution in [0.25, 0.3) is 0 Å². The number of hydrogen-bond acceptors (Lipinski definition) is 3. The summed E-state index contributed by atoms with van der Waals surface area (Å²) in [6.07, 6.45) is 1.27. The predicted molar refractivity (Wildman–Crippen MR) is 63.5 cm³/mol. The van der Waals surface area contributed by atoms with Crippen LogP contribution in [0.5, 0.6) is 0 Å². The molecule has 1 fully saturated rings. The van der Waals surface area contributed by atoms with E-state index in [0.29, 0.717) is 11.5 Å². The molecule has 0 aromatic carbocycles. The van der Waals surface area contributed by atoms with Crippen molar-refractivity contribution in [1.82, 2.24) is 5.48 Å². The summed E-state index contributed by atoms with van der Waals surface area (Å²) in [7, 11) is 0. The Morgan fingerprint density at radius 3 is 2.50 bits per heavy atom. The summed E-state index contributed by atoms with van der Waals surface area (Å²) in [5.74, 6) is 2.43. The van der Waals surface area contributed by atoms with E-state index in [1.807, 2.05) is 11.8 Å². The first-order valence-corrected chi connectivity index (χ1v) is 6.48. The van der Waals surface area contributed by atoms with E-state index in [1.54, 1.807) is 0 Å². The monoisotopic (exact) mass is 217 g/mol. The molecule has 1 atom stereocenters. The zero-order valence-corrected chi connectivity index (χ0v) is 10.8. The lowest BCUT2D eigenvalue weighted by Crippen LogP contribution is -2.48. The normalized spacial score (nSPS) is 27.6. The second kappa shape index (κ2) is 4.42. The molecule has 1 heterocycles. The molecule has 0 radical (unpaired) electrons. The Morgan fingerprint density at radius 2 is 2.00 bits per heavy atom. The number of hydroxylamine groups is 1. The lowest BCUT2D eigenvalue weighted by Gasteiger charge is -2.39. The van der Waals surface area contributed by atoms with Crippen LogP contribution >= 0.6 is 11.8 Å². The fraction of sp³-hybridized carbons (Fsp3) is 1.00. The Kier molecular flexibility index (Phi) is 3.89. The van der Waals surface area contributed by atoms with Crippen molar-refractivity contribution in [2.24, 2.45) is 5.41 Å². The standard InChI is InChI=1S/C11H23NOS/c1-10(2,3)13-12-9-8-14-7-6-11(9,4)5/h9,12H,6-8H2,1-5H3. The van der Waals surface area contributed by atoms with E-state index in [0.717, 1.165) is 5.75 Å². The van der Waals surface area contributed by atoms with Gasteiger partial charge in [-0.2, -0.15) is 17.2 Å². The van der Waals surface area contributed by atoms with Gasteiger partial charge in [-0.25, -0.2) is 0 Å². The van der Waals surface area contributed by atoms with Crippen molar-refractivity contribution >= 4 is 11.8 Å². The Balaban J connectivity index is 2.42. The minimum absolute atomic E-state index is 0.0990. The van der Waals surface area contributed by atoms with Crippen molar-refractivity contribution in [3.63, 3.8) is 0 Å². The third-order valence-electron chi connectivity index (χ3n) is 2.63. The van der Waals surface area contributed by atoms with Gasteiger partial charge in [0.2, 0.25) is 0 Å². The minimum Gasteiger partial charge on any atom is -0.296 e. The molecular formula is C11H23NOS. The minimum atomic E-state index is -0.0990. The van der Waals surface area contributed by atoms with E-state index in [-0.39, 0.29) is 5.60 Å². The highest BCUT2D eigenvalue weighted by molar-refractivity contribution is 7.99. The molecule has 0 saturated carbocycles. The Hall–Kier alpha value is 0.270. The van der Waals surface area contributed by atoms with Crippen LogP contribution in [0.4, 0.5) is 0 Å². The maximum absolute atomic E-state index is 5.64. The van der Waals surface area contributed by atoms with Gasteiger partial charge in [0.15, 0.2) is 0 Å². The molecule has 1 unspecified atom stereocenters. The highest BCUT2D eigenvalue weighted by Gasteiger charge is 2.33. The summed E-state index contributed by atoms with van der Waals surface area (Å²) >= 11 is 2.01. The van der Waals surface area contributed by atoms with Crippen molar-refractivity contribution in [2.45, 2.75) is 52.7 Å². The van der Waals surface area contributed by atoms with Crippen LogP contribution in [0, 0.1) is 5.41 Å². The van der Waals surface area contributed by atoms with Crippen LogP contribution in [-0.2, 0) is 4.84 Å². The van der Waals surface area contributed by atoms with Crippen molar-refractivity contribution in [3.8, 4) is 0 Å². The summed E-state index contributed by atoms with van der Waals surface area (Å²) in [6.45, 7) is 10.8. The van der Waals surface area contributed by atoms with Crippen LogP contribution in [0.1, 0.15) is 41.0 Å². The molecule has 84 valence electrons. The van der Waals surface area contributed by atoms with Gasteiger partial charge in [0.1, 0.15) is 0 Å². The summed E-state index contributed by atoms with van der Waals surface area (Å²) in [4.78, 5) is 5.64.